The molecule has 188 valence electrons. The lowest BCUT2D eigenvalue weighted by Crippen LogP contribution is -2.75. The summed E-state index contributed by atoms with van der Waals surface area (Å²) in [7, 11) is -4.20. The van der Waals surface area contributed by atoms with Crippen molar-refractivity contribution in [2.75, 3.05) is 13.1 Å². The largest absolute Gasteiger partial charge is 0.335 e. The van der Waals surface area contributed by atoms with Gasteiger partial charge in [0.2, 0.25) is 21.8 Å². The van der Waals surface area contributed by atoms with E-state index in [1.54, 1.807) is 29.2 Å². The second kappa shape index (κ2) is 9.88. The minimum atomic E-state index is -4.20. The zero-order valence-corrected chi connectivity index (χ0v) is 22.2. The fraction of sp³-hybridized carbons (Fsp3) is 0.391. The van der Waals surface area contributed by atoms with Gasteiger partial charge in [-0.05, 0) is 49.7 Å². The number of nitrogens with two attached hydrogens (primary N) is 1. The quantitative estimate of drug-likeness (QED) is 0.607. The summed E-state index contributed by atoms with van der Waals surface area (Å²) in [4.78, 5) is 29.6. The molecule has 8 nitrogen and oxygen atoms in total. The van der Waals surface area contributed by atoms with Crippen LogP contribution in [-0.4, -0.2) is 71.7 Å². The van der Waals surface area contributed by atoms with Crippen LogP contribution < -0.4 is 5.73 Å². The van der Waals surface area contributed by atoms with Gasteiger partial charge >= 0.3 is 0 Å². The Bertz CT molecular complexity index is 1270. The van der Waals surface area contributed by atoms with Crippen LogP contribution in [0.3, 0.4) is 0 Å². The Balaban J connectivity index is 1.81. The molecule has 2 fully saturated rings. The molecule has 3 unspecified atom stereocenters. The van der Waals surface area contributed by atoms with Crippen LogP contribution in [0.5, 0.6) is 0 Å². The van der Waals surface area contributed by atoms with E-state index in [0.717, 1.165) is 5.56 Å². The first-order valence-electron chi connectivity index (χ1n) is 11.0. The van der Waals surface area contributed by atoms with Gasteiger partial charge in [-0.3, -0.25) is 9.59 Å². The lowest BCUT2D eigenvalue weighted by atomic mass is 9.96. The average Bonchev–Trinajstić information content (AvgIpc) is 2.77. The van der Waals surface area contributed by atoms with Gasteiger partial charge in [0.15, 0.2) is 0 Å². The number of carbonyl (C=O) groups excluding carboxylic acids is 2. The van der Waals surface area contributed by atoms with Gasteiger partial charge in [0.05, 0.1) is 17.6 Å². The van der Waals surface area contributed by atoms with E-state index in [-0.39, 0.29) is 46.4 Å². The summed E-state index contributed by atoms with van der Waals surface area (Å²) in [6, 6.07) is 8.77. The monoisotopic (exact) mass is 558 g/mol. The van der Waals surface area contributed by atoms with Crippen LogP contribution in [0.4, 0.5) is 0 Å². The Morgan fingerprint density at radius 1 is 1.00 bits per heavy atom. The molecule has 12 heteroatoms. The maximum Gasteiger partial charge on any atom is 0.246 e. The van der Waals surface area contributed by atoms with E-state index in [1.165, 1.54) is 27.4 Å². The highest BCUT2D eigenvalue weighted by Crippen LogP contribution is 2.34. The number of benzene rings is 2. The molecular weight excluding hydrogens is 535 g/mol. The predicted molar refractivity (Wildman–Crippen MR) is 135 cm³/mol. The number of fused-ring (bicyclic) bond motifs is 1. The summed E-state index contributed by atoms with van der Waals surface area (Å²) in [5, 5.41) is 0.737. The molecule has 35 heavy (non-hydrogen) atoms. The molecule has 4 rings (SSSR count). The Hall–Kier alpha value is -1.88. The molecular formula is C23H25Cl3N4O4S. The summed E-state index contributed by atoms with van der Waals surface area (Å²) >= 11 is 18.3. The molecule has 0 saturated carbocycles. The highest BCUT2D eigenvalue weighted by molar-refractivity contribution is 7.89. The van der Waals surface area contributed by atoms with E-state index in [9.17, 15) is 18.0 Å². The summed E-state index contributed by atoms with van der Waals surface area (Å²) in [6.07, 6.45) is -0.795. The molecule has 2 N–H and O–H groups in total. The van der Waals surface area contributed by atoms with Crippen molar-refractivity contribution in [3.05, 3.63) is 63.1 Å². The minimum absolute atomic E-state index is 0.00540. The third-order valence-corrected chi connectivity index (χ3v) is 9.10. The molecule has 0 radical (unpaired) electrons. The Morgan fingerprint density at radius 3 is 2.31 bits per heavy atom. The van der Waals surface area contributed by atoms with E-state index in [2.05, 4.69) is 0 Å². The second-order valence-electron chi connectivity index (χ2n) is 8.92. The van der Waals surface area contributed by atoms with Gasteiger partial charge in [0.25, 0.3) is 0 Å². The lowest BCUT2D eigenvalue weighted by Gasteiger charge is -2.53. The van der Waals surface area contributed by atoms with E-state index in [1.807, 2.05) is 13.8 Å². The number of amides is 2. The molecule has 2 aromatic carbocycles. The van der Waals surface area contributed by atoms with Crippen molar-refractivity contribution in [3.63, 3.8) is 0 Å². The second-order valence-corrected chi connectivity index (χ2v) is 12.1. The highest BCUT2D eigenvalue weighted by atomic mass is 35.5. The first-order chi connectivity index (χ1) is 16.4. The van der Waals surface area contributed by atoms with Crippen molar-refractivity contribution >= 4 is 56.6 Å². The number of halogens is 3. The molecule has 2 aliphatic rings. The SMILES string of the molecule is CC(C)N1CC2N(C(=O)C(N)CN2S(=O)(=O)c2ccc(Cl)cc2Cl)C(Cc2cccc(Cl)c2)C1=O. The normalized spacial score (nSPS) is 23.7. The third kappa shape index (κ3) is 4.90. The van der Waals surface area contributed by atoms with Crippen LogP contribution in [0, 0.1) is 0 Å². The van der Waals surface area contributed by atoms with Gasteiger partial charge in [0.1, 0.15) is 17.1 Å². The van der Waals surface area contributed by atoms with Gasteiger partial charge in [-0.15, -0.1) is 0 Å². The van der Waals surface area contributed by atoms with Crippen LogP contribution in [-0.2, 0) is 26.0 Å². The summed E-state index contributed by atoms with van der Waals surface area (Å²) in [6.45, 7) is 3.45. The maximum atomic E-state index is 13.8. The van der Waals surface area contributed by atoms with Crippen molar-refractivity contribution in [1.82, 2.24) is 14.1 Å². The van der Waals surface area contributed by atoms with Crippen molar-refractivity contribution in [2.24, 2.45) is 5.73 Å². The van der Waals surface area contributed by atoms with Crippen LogP contribution in [0.25, 0.3) is 0 Å². The van der Waals surface area contributed by atoms with E-state index in [0.29, 0.717) is 5.02 Å². The van der Waals surface area contributed by atoms with Gasteiger partial charge in [0, 0.05) is 29.1 Å². The Kier molecular flexibility index (Phi) is 7.39. The standard InChI is InChI=1S/C23H25Cl3N4O4S/c1-13(2)28-12-21-29(35(33,34)20-7-6-16(25)10-17(20)26)11-18(27)22(31)30(21)19(23(28)32)9-14-4-3-5-15(24)8-14/h3-8,10,13,18-19,21H,9,11-12,27H2,1-2H3. The third-order valence-electron chi connectivity index (χ3n) is 6.29. The fourth-order valence-electron chi connectivity index (χ4n) is 4.59. The lowest BCUT2D eigenvalue weighted by molar-refractivity contribution is -0.167. The number of hydrogen-bond acceptors (Lipinski definition) is 5. The smallest absolute Gasteiger partial charge is 0.246 e. The molecule has 3 atom stereocenters. The molecule has 0 aliphatic carbocycles. The first-order valence-corrected chi connectivity index (χ1v) is 13.6. The zero-order valence-electron chi connectivity index (χ0n) is 19.1. The number of nitrogens with zero attached hydrogens (tertiary/aromatic N) is 3. The maximum absolute atomic E-state index is 13.8. The Labute approximate surface area is 219 Å². The first kappa shape index (κ1) is 26.2. The molecule has 2 saturated heterocycles. The molecule has 0 bridgehead atoms. The number of rotatable bonds is 5. The topological polar surface area (TPSA) is 104 Å². The summed E-state index contributed by atoms with van der Waals surface area (Å²) < 4.78 is 28.7. The molecule has 2 aromatic rings. The van der Waals surface area contributed by atoms with Crippen molar-refractivity contribution in [1.29, 1.82) is 0 Å². The van der Waals surface area contributed by atoms with Crippen LogP contribution in [0.2, 0.25) is 15.1 Å². The molecule has 2 aliphatic heterocycles. The van der Waals surface area contributed by atoms with Crippen LogP contribution >= 0.6 is 34.8 Å². The number of sulfonamides is 1. The number of hydrogen-bond donors (Lipinski definition) is 1. The molecule has 2 heterocycles. The zero-order chi connectivity index (χ0) is 25.7. The fourth-order valence-corrected chi connectivity index (χ4v) is 7.15. The van der Waals surface area contributed by atoms with E-state index in [4.69, 9.17) is 40.5 Å². The summed E-state index contributed by atoms with van der Waals surface area (Å²) in [5.41, 5.74) is 6.87. The van der Waals surface area contributed by atoms with Crippen molar-refractivity contribution < 1.29 is 18.0 Å². The molecule has 2 amide bonds. The van der Waals surface area contributed by atoms with Gasteiger partial charge in [-0.25, -0.2) is 8.42 Å². The van der Waals surface area contributed by atoms with E-state index >= 15 is 0 Å². The molecule has 0 spiro atoms. The van der Waals surface area contributed by atoms with Crippen LogP contribution in [0.1, 0.15) is 19.4 Å². The number of piperazine rings is 1. The predicted octanol–water partition coefficient (Wildman–Crippen LogP) is 3.00. The van der Waals surface area contributed by atoms with E-state index < -0.39 is 34.2 Å². The molecule has 0 aromatic heterocycles. The van der Waals surface area contributed by atoms with Crippen molar-refractivity contribution in [3.8, 4) is 0 Å². The van der Waals surface area contributed by atoms with Gasteiger partial charge in [-0.1, -0.05) is 46.9 Å². The summed E-state index contributed by atoms with van der Waals surface area (Å²) in [5.74, 6) is -0.756. The van der Waals surface area contributed by atoms with Gasteiger partial charge < -0.3 is 15.5 Å². The number of carbonyl (C=O) groups is 2. The van der Waals surface area contributed by atoms with Gasteiger partial charge in [-0.2, -0.15) is 4.31 Å². The van der Waals surface area contributed by atoms with Crippen molar-refractivity contribution in [2.45, 2.75) is 49.5 Å². The van der Waals surface area contributed by atoms with Crippen LogP contribution in [0.15, 0.2) is 47.4 Å². The Morgan fingerprint density at radius 2 is 1.69 bits per heavy atom. The highest BCUT2D eigenvalue weighted by Gasteiger charge is 2.53. The average molecular weight is 560 g/mol. The minimum Gasteiger partial charge on any atom is -0.335 e.